The molecule has 2 unspecified atom stereocenters. The van der Waals surface area contributed by atoms with E-state index < -0.39 is 11.4 Å². The second kappa shape index (κ2) is 6.33. The summed E-state index contributed by atoms with van der Waals surface area (Å²) < 4.78 is 18.7. The Morgan fingerprint density at radius 2 is 2.10 bits per heavy atom. The summed E-state index contributed by atoms with van der Waals surface area (Å²) in [5.74, 6) is -1.38. The summed E-state index contributed by atoms with van der Waals surface area (Å²) in [5, 5.41) is 9.65. The fourth-order valence-electron chi connectivity index (χ4n) is 2.74. The number of ether oxygens (including phenoxy) is 1. The second-order valence-corrected chi connectivity index (χ2v) is 5.29. The van der Waals surface area contributed by atoms with Crippen LogP contribution in [0, 0.1) is 5.82 Å². The Morgan fingerprint density at radius 3 is 2.60 bits per heavy atom. The molecule has 1 fully saturated rings. The average molecular weight is 281 g/mol. The molecule has 0 aromatic heterocycles. The molecule has 1 saturated heterocycles. The molecule has 20 heavy (non-hydrogen) atoms. The van der Waals surface area contributed by atoms with Gasteiger partial charge in [-0.05, 0) is 43.4 Å². The van der Waals surface area contributed by atoms with Gasteiger partial charge in [0.2, 0.25) is 0 Å². The van der Waals surface area contributed by atoms with Crippen molar-refractivity contribution in [1.82, 2.24) is 0 Å². The molecule has 1 aliphatic rings. The first-order chi connectivity index (χ1) is 9.58. The molecule has 0 saturated carbocycles. The number of carboxylic acid groups (broad SMARTS) is 1. The number of halogens is 1. The summed E-state index contributed by atoms with van der Waals surface area (Å²) in [7, 11) is 0. The van der Waals surface area contributed by atoms with Gasteiger partial charge in [-0.2, -0.15) is 0 Å². The monoisotopic (exact) mass is 281 g/mol. The molecular formula is C15H20FNO3. The van der Waals surface area contributed by atoms with Crippen molar-refractivity contribution in [2.75, 3.05) is 13.2 Å². The van der Waals surface area contributed by atoms with Crippen LogP contribution in [0.15, 0.2) is 24.3 Å². The highest BCUT2D eigenvalue weighted by molar-refractivity contribution is 5.81. The van der Waals surface area contributed by atoms with Crippen LogP contribution in [0.1, 0.15) is 31.2 Å². The number of hydrogen-bond acceptors (Lipinski definition) is 3. The maximum absolute atomic E-state index is 13.0. The van der Waals surface area contributed by atoms with Crippen LogP contribution in [0.25, 0.3) is 0 Å². The molecule has 2 rings (SSSR count). The Labute approximate surface area is 117 Å². The van der Waals surface area contributed by atoms with Crippen LogP contribution in [-0.2, 0) is 14.9 Å². The smallest absolute Gasteiger partial charge is 0.315 e. The molecule has 0 radical (unpaired) electrons. The van der Waals surface area contributed by atoms with E-state index in [4.69, 9.17) is 10.5 Å². The maximum Gasteiger partial charge on any atom is 0.315 e. The average Bonchev–Trinajstić information content (AvgIpc) is 2.46. The largest absolute Gasteiger partial charge is 0.481 e. The van der Waals surface area contributed by atoms with E-state index in [-0.39, 0.29) is 18.5 Å². The number of benzene rings is 1. The molecule has 3 N–H and O–H groups in total. The van der Waals surface area contributed by atoms with Crippen molar-refractivity contribution in [3.63, 3.8) is 0 Å². The third-order valence-electron chi connectivity index (χ3n) is 4.00. The van der Waals surface area contributed by atoms with Crippen LogP contribution in [0.2, 0.25) is 0 Å². The van der Waals surface area contributed by atoms with E-state index in [0.717, 1.165) is 19.3 Å². The van der Waals surface area contributed by atoms with E-state index >= 15 is 0 Å². The highest BCUT2D eigenvalue weighted by Crippen LogP contribution is 2.32. The van der Waals surface area contributed by atoms with E-state index in [1.54, 1.807) is 0 Å². The molecule has 110 valence electrons. The van der Waals surface area contributed by atoms with Gasteiger partial charge in [0.05, 0.1) is 6.10 Å². The topological polar surface area (TPSA) is 72.5 Å². The first kappa shape index (κ1) is 14.9. The Bertz CT molecular complexity index is 457. The quantitative estimate of drug-likeness (QED) is 0.866. The van der Waals surface area contributed by atoms with E-state index in [0.29, 0.717) is 18.6 Å². The standard InChI is InChI=1S/C15H20FNO3/c16-12-6-4-11(5-7-12)15(10-17,14(18)19)9-13-3-1-2-8-20-13/h4-7,13H,1-3,8-10,17H2,(H,18,19). The number of aliphatic carboxylic acids is 1. The van der Waals surface area contributed by atoms with Gasteiger partial charge in [0.1, 0.15) is 11.2 Å². The van der Waals surface area contributed by atoms with Crippen LogP contribution < -0.4 is 5.73 Å². The van der Waals surface area contributed by atoms with E-state index in [1.807, 2.05) is 0 Å². The summed E-state index contributed by atoms with van der Waals surface area (Å²) >= 11 is 0. The van der Waals surface area contributed by atoms with E-state index in [1.165, 1.54) is 24.3 Å². The van der Waals surface area contributed by atoms with Crippen LogP contribution in [0.4, 0.5) is 4.39 Å². The highest BCUT2D eigenvalue weighted by atomic mass is 19.1. The lowest BCUT2D eigenvalue weighted by Gasteiger charge is -2.34. The van der Waals surface area contributed by atoms with Crippen LogP contribution in [-0.4, -0.2) is 30.3 Å². The number of carbonyl (C=O) groups is 1. The van der Waals surface area contributed by atoms with E-state index in [9.17, 15) is 14.3 Å². The van der Waals surface area contributed by atoms with Gasteiger partial charge < -0.3 is 15.6 Å². The molecular weight excluding hydrogens is 261 g/mol. The zero-order valence-corrected chi connectivity index (χ0v) is 11.3. The minimum atomic E-state index is -1.21. The predicted octanol–water partition coefficient (Wildman–Crippen LogP) is 2.07. The minimum absolute atomic E-state index is 0.0339. The molecule has 1 aromatic rings. The Morgan fingerprint density at radius 1 is 1.40 bits per heavy atom. The Kier molecular flexibility index (Phi) is 4.73. The highest BCUT2D eigenvalue weighted by Gasteiger charge is 2.41. The number of nitrogens with two attached hydrogens (primary N) is 1. The van der Waals surface area contributed by atoms with Crippen molar-refractivity contribution >= 4 is 5.97 Å². The molecule has 1 aliphatic heterocycles. The molecule has 0 aliphatic carbocycles. The fraction of sp³-hybridized carbons (Fsp3) is 0.533. The van der Waals surface area contributed by atoms with Crippen LogP contribution >= 0.6 is 0 Å². The SMILES string of the molecule is NCC(CC1CCCCO1)(C(=O)O)c1ccc(F)cc1. The molecule has 0 amide bonds. The first-order valence-corrected chi connectivity index (χ1v) is 6.89. The van der Waals surface area contributed by atoms with Gasteiger partial charge in [0, 0.05) is 13.2 Å². The van der Waals surface area contributed by atoms with Gasteiger partial charge in [-0.1, -0.05) is 12.1 Å². The van der Waals surface area contributed by atoms with Gasteiger partial charge in [-0.25, -0.2) is 4.39 Å². The predicted molar refractivity (Wildman–Crippen MR) is 73.0 cm³/mol. The number of rotatable bonds is 5. The van der Waals surface area contributed by atoms with Gasteiger partial charge in [0.15, 0.2) is 0 Å². The molecule has 4 nitrogen and oxygen atoms in total. The molecule has 0 bridgehead atoms. The molecule has 0 spiro atoms. The summed E-state index contributed by atoms with van der Waals surface area (Å²) in [6, 6.07) is 5.53. The van der Waals surface area contributed by atoms with E-state index in [2.05, 4.69) is 0 Å². The normalized spacial score (nSPS) is 22.2. The third kappa shape index (κ3) is 2.99. The molecule has 1 aromatic carbocycles. The molecule has 5 heteroatoms. The van der Waals surface area contributed by atoms with Gasteiger partial charge in [-0.15, -0.1) is 0 Å². The molecule has 2 atom stereocenters. The lowest BCUT2D eigenvalue weighted by molar-refractivity contribution is -0.145. The Hall–Kier alpha value is -1.46. The zero-order valence-electron chi connectivity index (χ0n) is 11.3. The second-order valence-electron chi connectivity index (χ2n) is 5.29. The lowest BCUT2D eigenvalue weighted by atomic mass is 9.75. The van der Waals surface area contributed by atoms with Gasteiger partial charge in [-0.3, -0.25) is 4.79 Å². The summed E-state index contributed by atoms with van der Waals surface area (Å²) in [6.45, 7) is 0.627. The number of hydrogen-bond donors (Lipinski definition) is 2. The van der Waals surface area contributed by atoms with Crippen molar-refractivity contribution in [1.29, 1.82) is 0 Å². The van der Waals surface area contributed by atoms with Crippen LogP contribution in [0.3, 0.4) is 0 Å². The van der Waals surface area contributed by atoms with Gasteiger partial charge in [0.25, 0.3) is 0 Å². The summed E-state index contributed by atoms with van der Waals surface area (Å²) in [4.78, 5) is 11.8. The first-order valence-electron chi connectivity index (χ1n) is 6.89. The number of carboxylic acids is 1. The minimum Gasteiger partial charge on any atom is -0.481 e. The van der Waals surface area contributed by atoms with Gasteiger partial charge >= 0.3 is 5.97 Å². The van der Waals surface area contributed by atoms with Crippen molar-refractivity contribution in [3.8, 4) is 0 Å². The summed E-state index contributed by atoms with van der Waals surface area (Å²) in [6.07, 6.45) is 3.11. The zero-order chi connectivity index (χ0) is 14.6. The maximum atomic E-state index is 13.0. The van der Waals surface area contributed by atoms with Crippen molar-refractivity contribution in [3.05, 3.63) is 35.6 Å². The van der Waals surface area contributed by atoms with Crippen molar-refractivity contribution in [2.45, 2.75) is 37.2 Å². The lowest BCUT2D eigenvalue weighted by Crippen LogP contribution is -2.46. The Balaban J connectivity index is 2.28. The van der Waals surface area contributed by atoms with Crippen molar-refractivity contribution < 1.29 is 19.0 Å². The van der Waals surface area contributed by atoms with Crippen LogP contribution in [0.5, 0.6) is 0 Å². The van der Waals surface area contributed by atoms with Crippen molar-refractivity contribution in [2.24, 2.45) is 5.73 Å². The molecule has 1 heterocycles. The third-order valence-corrected chi connectivity index (χ3v) is 4.00. The fourth-order valence-corrected chi connectivity index (χ4v) is 2.74. The summed E-state index contributed by atoms with van der Waals surface area (Å²) in [5.41, 5.74) is 5.08.